The number of rotatable bonds is 10. The lowest BCUT2D eigenvalue weighted by molar-refractivity contribution is -0.00543. The van der Waals surface area contributed by atoms with Crippen molar-refractivity contribution in [1.29, 1.82) is 5.26 Å². The van der Waals surface area contributed by atoms with Crippen molar-refractivity contribution in [2.24, 2.45) is 11.5 Å². The first kappa shape index (κ1) is 26.7. The highest BCUT2D eigenvalue weighted by molar-refractivity contribution is 5.60. The zero-order chi connectivity index (χ0) is 24.1. The van der Waals surface area contributed by atoms with Gasteiger partial charge in [-0.05, 0) is 42.3 Å². The Labute approximate surface area is 187 Å². The Morgan fingerprint density at radius 3 is 2.41 bits per heavy atom. The van der Waals surface area contributed by atoms with Gasteiger partial charge in [0.2, 0.25) is 0 Å². The van der Waals surface area contributed by atoms with Gasteiger partial charge in [-0.1, -0.05) is 19.9 Å². The summed E-state index contributed by atoms with van der Waals surface area (Å²) in [6, 6.07) is 8.02. The maximum Gasteiger partial charge on any atom is 0.195 e. The fraction of sp³-hybridized carbons (Fsp3) is 0.381. The summed E-state index contributed by atoms with van der Waals surface area (Å²) in [5.41, 5.74) is 18.7. The van der Waals surface area contributed by atoms with Crippen molar-refractivity contribution in [3.63, 3.8) is 0 Å². The molecular formula is C21H32FN7O3. The largest absolute Gasteiger partial charge is 0.507 e. The Morgan fingerprint density at radius 1 is 1.19 bits per heavy atom. The van der Waals surface area contributed by atoms with Crippen molar-refractivity contribution in [1.82, 2.24) is 16.2 Å². The van der Waals surface area contributed by atoms with E-state index in [-0.39, 0.29) is 24.0 Å². The van der Waals surface area contributed by atoms with E-state index in [9.17, 15) is 9.63 Å². The second-order valence-electron chi connectivity index (χ2n) is 6.93. The molecule has 1 unspecified atom stereocenters. The van der Waals surface area contributed by atoms with E-state index in [0.717, 1.165) is 5.56 Å². The molecule has 2 rings (SSSR count). The molecule has 0 saturated carbocycles. The van der Waals surface area contributed by atoms with Gasteiger partial charge < -0.3 is 31.9 Å². The molecule has 0 saturated heterocycles. The lowest BCUT2D eigenvalue weighted by Gasteiger charge is -2.21. The maximum atomic E-state index is 13.0. The quantitative estimate of drug-likeness (QED) is 0.124. The summed E-state index contributed by atoms with van der Waals surface area (Å²) in [5, 5.41) is 24.3. The van der Waals surface area contributed by atoms with E-state index >= 15 is 0 Å². The van der Waals surface area contributed by atoms with Crippen LogP contribution in [-0.4, -0.2) is 25.9 Å². The molecule has 0 amide bonds. The number of nitrogens with one attached hydrogen (secondary N) is 4. The fourth-order valence-electron chi connectivity index (χ4n) is 2.83. The highest BCUT2D eigenvalue weighted by Crippen LogP contribution is 2.36. The summed E-state index contributed by atoms with van der Waals surface area (Å²) < 4.78 is 18.3. The van der Waals surface area contributed by atoms with E-state index in [4.69, 9.17) is 21.5 Å². The van der Waals surface area contributed by atoms with E-state index in [1.807, 2.05) is 13.8 Å². The molecular weight excluding hydrogens is 417 g/mol. The van der Waals surface area contributed by atoms with Crippen molar-refractivity contribution >= 4 is 5.69 Å². The average Bonchev–Trinajstić information content (AvgIpc) is 2.78. The Hall–Kier alpha value is -3.30. The van der Waals surface area contributed by atoms with Crippen molar-refractivity contribution in [3.05, 3.63) is 47.0 Å². The van der Waals surface area contributed by atoms with Crippen molar-refractivity contribution in [3.8, 4) is 23.4 Å². The molecule has 9 N–H and O–H groups in total. The molecule has 0 aliphatic heterocycles. The number of nitrogens with two attached hydrogens (primary N) is 2. The van der Waals surface area contributed by atoms with Crippen LogP contribution in [0.25, 0.3) is 0 Å². The number of phenolic OH excluding ortho intramolecular Hbond substituents is 1. The van der Waals surface area contributed by atoms with Gasteiger partial charge in [-0.15, -0.1) is 0 Å². The Balaban J connectivity index is 0.000000920. The van der Waals surface area contributed by atoms with Gasteiger partial charge in [0.05, 0.1) is 26.0 Å². The minimum absolute atomic E-state index is 0.0335. The minimum atomic E-state index is -0.814. The van der Waals surface area contributed by atoms with Crippen LogP contribution in [0, 0.1) is 11.5 Å². The number of phenols is 1. The molecule has 0 aliphatic rings. The first-order valence-corrected chi connectivity index (χ1v) is 9.88. The predicted octanol–water partition coefficient (Wildman–Crippen LogP) is 2.05. The number of hydrazine groups is 1. The van der Waals surface area contributed by atoms with Crippen LogP contribution in [0.5, 0.6) is 17.2 Å². The summed E-state index contributed by atoms with van der Waals surface area (Å²) in [6.07, 6.45) is 0.979. The number of ether oxygens (including phenoxy) is 1. The van der Waals surface area contributed by atoms with Crippen LogP contribution in [-0.2, 0) is 6.54 Å². The van der Waals surface area contributed by atoms with Crippen LogP contribution in [0.15, 0.2) is 30.3 Å². The van der Waals surface area contributed by atoms with E-state index in [2.05, 4.69) is 26.4 Å². The average molecular weight is 450 g/mol. The van der Waals surface area contributed by atoms with Gasteiger partial charge in [-0.25, -0.2) is 5.43 Å². The molecule has 0 fully saturated rings. The van der Waals surface area contributed by atoms with Crippen LogP contribution < -0.4 is 42.6 Å². The summed E-state index contributed by atoms with van der Waals surface area (Å²) >= 11 is 0. The number of hydrogen-bond acceptors (Lipinski definition) is 10. The predicted molar refractivity (Wildman–Crippen MR) is 121 cm³/mol. The molecule has 0 aliphatic carbocycles. The Kier molecular flexibility index (Phi) is 11.6. The number of anilines is 1. The maximum absolute atomic E-state index is 13.0. The molecule has 0 spiro atoms. The van der Waals surface area contributed by atoms with E-state index in [0.29, 0.717) is 29.2 Å². The third-order valence-electron chi connectivity index (χ3n) is 4.43. The molecule has 11 heteroatoms. The molecule has 0 radical (unpaired) electrons. The number of hydrogen-bond donors (Lipinski definition) is 7. The molecule has 32 heavy (non-hydrogen) atoms. The highest BCUT2D eigenvalue weighted by Gasteiger charge is 2.19. The highest BCUT2D eigenvalue weighted by atomic mass is 19.3. The number of halogens is 1. The van der Waals surface area contributed by atoms with Crippen molar-refractivity contribution < 1.29 is 19.3 Å². The summed E-state index contributed by atoms with van der Waals surface area (Å²) in [6.45, 7) is 4.73. The van der Waals surface area contributed by atoms with Gasteiger partial charge in [-0.2, -0.15) is 5.26 Å². The topological polar surface area (TPSA) is 163 Å². The van der Waals surface area contributed by atoms with Crippen molar-refractivity contribution in [2.45, 2.75) is 32.5 Å². The zero-order valence-corrected chi connectivity index (χ0v) is 18.7. The van der Waals surface area contributed by atoms with Gasteiger partial charge in [0.15, 0.2) is 11.9 Å². The van der Waals surface area contributed by atoms with Crippen LogP contribution in [0.2, 0.25) is 0 Å². The number of aromatic hydroxyl groups is 1. The summed E-state index contributed by atoms with van der Waals surface area (Å²) in [7, 11) is 3.30. The van der Waals surface area contributed by atoms with Crippen LogP contribution in [0.1, 0.15) is 42.6 Å². The standard InChI is InChI=1S/C19H23FN4O3.C2H9N3/c1-11(2)13-7-14(16(25)8-17(13)26-3)19(22)24-15-5-4-12(9-23-10-21)6-18(15)27-20;1-4-5-2-3/h4-8,11,19,23-25H,9,22H2,1-3H3;4-5H,2-3H2,1H3. The van der Waals surface area contributed by atoms with Crippen LogP contribution in [0.4, 0.5) is 10.2 Å². The second kappa shape index (κ2) is 13.9. The summed E-state index contributed by atoms with van der Waals surface area (Å²) in [5.74, 6) is 0.623. The number of nitriles is 1. The molecule has 176 valence electrons. The number of nitrogens with zero attached hydrogens (tertiary/aromatic N) is 1. The Morgan fingerprint density at radius 2 is 1.91 bits per heavy atom. The second-order valence-corrected chi connectivity index (χ2v) is 6.93. The normalized spacial score (nSPS) is 11.1. The first-order valence-electron chi connectivity index (χ1n) is 9.88. The lowest BCUT2D eigenvalue weighted by Crippen LogP contribution is -2.32. The molecule has 0 bridgehead atoms. The van der Waals surface area contributed by atoms with Gasteiger partial charge >= 0.3 is 0 Å². The molecule has 0 heterocycles. The first-order chi connectivity index (χ1) is 15.3. The smallest absolute Gasteiger partial charge is 0.195 e. The minimum Gasteiger partial charge on any atom is -0.507 e. The molecule has 2 aromatic rings. The van der Waals surface area contributed by atoms with Crippen LogP contribution in [0.3, 0.4) is 0 Å². The number of methoxy groups -OCH3 is 1. The molecule has 10 nitrogen and oxygen atoms in total. The van der Waals surface area contributed by atoms with E-state index in [1.54, 1.807) is 31.4 Å². The molecule has 0 aromatic heterocycles. The van der Waals surface area contributed by atoms with Gasteiger partial charge in [0, 0.05) is 16.2 Å². The van der Waals surface area contributed by atoms with Gasteiger partial charge in [0.1, 0.15) is 17.7 Å². The van der Waals surface area contributed by atoms with Crippen LogP contribution >= 0.6 is 0 Å². The monoisotopic (exact) mass is 449 g/mol. The number of benzene rings is 2. The summed E-state index contributed by atoms with van der Waals surface area (Å²) in [4.78, 5) is 3.92. The molecule has 1 atom stereocenters. The lowest BCUT2D eigenvalue weighted by atomic mass is 9.97. The SMILES string of the molecule is CNNCN.COc1cc(O)c(C(N)Nc2ccc(CNC#N)cc2OF)cc1C(C)C. The third-order valence-corrected chi connectivity index (χ3v) is 4.43. The molecule has 2 aromatic carbocycles. The van der Waals surface area contributed by atoms with E-state index < -0.39 is 6.17 Å². The third kappa shape index (κ3) is 7.75. The van der Waals surface area contributed by atoms with Crippen molar-refractivity contribution in [2.75, 3.05) is 26.1 Å². The Bertz CT molecular complexity index is 888. The van der Waals surface area contributed by atoms with Gasteiger partial charge in [-0.3, -0.25) is 10.4 Å². The van der Waals surface area contributed by atoms with Gasteiger partial charge in [0.25, 0.3) is 0 Å². The zero-order valence-electron chi connectivity index (χ0n) is 18.7. The van der Waals surface area contributed by atoms with E-state index in [1.165, 1.54) is 19.2 Å². The fourth-order valence-corrected chi connectivity index (χ4v) is 2.83.